The number of nitrogens with zero attached hydrogens (tertiary/aromatic N) is 1. The zero-order valence-electron chi connectivity index (χ0n) is 12.5. The number of benzene rings is 1. The van der Waals surface area contributed by atoms with Crippen molar-refractivity contribution in [2.45, 2.75) is 46.6 Å². The molecule has 1 saturated heterocycles. The van der Waals surface area contributed by atoms with E-state index in [-0.39, 0.29) is 11.3 Å². The van der Waals surface area contributed by atoms with E-state index >= 15 is 0 Å². The first-order valence-corrected chi connectivity index (χ1v) is 7.30. The summed E-state index contributed by atoms with van der Waals surface area (Å²) in [6.45, 7) is 9.87. The average Bonchev–Trinajstić information content (AvgIpc) is 2.74. The third-order valence-corrected chi connectivity index (χ3v) is 4.34. The van der Waals surface area contributed by atoms with Gasteiger partial charge in [0, 0.05) is 18.2 Å². The van der Waals surface area contributed by atoms with Crippen LogP contribution in [0.1, 0.15) is 50.9 Å². The summed E-state index contributed by atoms with van der Waals surface area (Å²) >= 11 is 0. The molecule has 2 unspecified atom stereocenters. The molecule has 0 bridgehead atoms. The lowest BCUT2D eigenvalue weighted by Crippen LogP contribution is -2.39. The van der Waals surface area contributed by atoms with E-state index in [4.69, 9.17) is 0 Å². The Morgan fingerprint density at radius 3 is 2.58 bits per heavy atom. The van der Waals surface area contributed by atoms with Crippen molar-refractivity contribution in [3.63, 3.8) is 0 Å². The summed E-state index contributed by atoms with van der Waals surface area (Å²) in [7, 11) is 0. The molecule has 0 aromatic heterocycles. The Balaban J connectivity index is 2.24. The van der Waals surface area contributed by atoms with Crippen molar-refractivity contribution in [1.29, 1.82) is 0 Å². The van der Waals surface area contributed by atoms with Gasteiger partial charge in [-0.25, -0.2) is 0 Å². The Morgan fingerprint density at radius 1 is 1.37 bits per heavy atom. The molecule has 1 aliphatic rings. The van der Waals surface area contributed by atoms with Gasteiger partial charge in [-0.1, -0.05) is 52.3 Å². The second-order valence-electron chi connectivity index (χ2n) is 6.62. The maximum atomic E-state index is 12.7. The second-order valence-corrected chi connectivity index (χ2v) is 6.62. The summed E-state index contributed by atoms with van der Waals surface area (Å²) in [5, 5.41) is 0. The lowest BCUT2D eigenvalue weighted by molar-refractivity contribution is 0.0684. The molecule has 0 radical (unpaired) electrons. The SMILES string of the molecule is CCC(C)C1CC(C)(C)CN1C(=O)c1ccccc1. The molecule has 104 valence electrons. The van der Waals surface area contributed by atoms with Crippen LogP contribution in [0.25, 0.3) is 0 Å². The fourth-order valence-electron chi connectivity index (χ4n) is 3.07. The number of carbonyl (C=O) groups excluding carboxylic acids is 1. The average molecular weight is 259 g/mol. The predicted octanol–water partition coefficient (Wildman–Crippen LogP) is 3.97. The molecular formula is C17H25NO. The molecule has 1 heterocycles. The maximum Gasteiger partial charge on any atom is 0.254 e. The van der Waals surface area contributed by atoms with E-state index in [1.165, 1.54) is 0 Å². The van der Waals surface area contributed by atoms with E-state index in [1.807, 2.05) is 30.3 Å². The normalized spacial score (nSPS) is 23.4. The van der Waals surface area contributed by atoms with Gasteiger partial charge in [0.05, 0.1) is 0 Å². The van der Waals surface area contributed by atoms with E-state index < -0.39 is 0 Å². The number of hydrogen-bond donors (Lipinski definition) is 0. The molecule has 0 aliphatic carbocycles. The minimum Gasteiger partial charge on any atom is -0.335 e. The van der Waals surface area contributed by atoms with Crippen molar-refractivity contribution in [2.75, 3.05) is 6.54 Å². The van der Waals surface area contributed by atoms with Crippen LogP contribution in [0.4, 0.5) is 0 Å². The fourth-order valence-corrected chi connectivity index (χ4v) is 3.07. The first kappa shape index (κ1) is 14.1. The number of rotatable bonds is 3. The molecule has 1 aromatic rings. The quantitative estimate of drug-likeness (QED) is 0.804. The van der Waals surface area contributed by atoms with E-state index in [0.717, 1.165) is 24.9 Å². The van der Waals surface area contributed by atoms with Gasteiger partial charge in [0.1, 0.15) is 0 Å². The minimum absolute atomic E-state index is 0.191. The van der Waals surface area contributed by atoms with Crippen molar-refractivity contribution >= 4 is 5.91 Å². The lowest BCUT2D eigenvalue weighted by Gasteiger charge is -2.29. The molecule has 1 aromatic carbocycles. The van der Waals surface area contributed by atoms with Crippen LogP contribution in [-0.2, 0) is 0 Å². The zero-order chi connectivity index (χ0) is 14.0. The third kappa shape index (κ3) is 2.99. The summed E-state index contributed by atoms with van der Waals surface area (Å²) in [5.74, 6) is 0.755. The Bertz CT molecular complexity index is 438. The minimum atomic E-state index is 0.191. The topological polar surface area (TPSA) is 20.3 Å². The highest BCUT2D eigenvalue weighted by atomic mass is 16.2. The van der Waals surface area contributed by atoms with Crippen molar-refractivity contribution in [2.24, 2.45) is 11.3 Å². The predicted molar refractivity (Wildman–Crippen MR) is 79.1 cm³/mol. The number of carbonyl (C=O) groups is 1. The molecule has 19 heavy (non-hydrogen) atoms. The van der Waals surface area contributed by atoms with Gasteiger partial charge >= 0.3 is 0 Å². The van der Waals surface area contributed by atoms with Crippen LogP contribution in [0.2, 0.25) is 0 Å². The largest absolute Gasteiger partial charge is 0.335 e. The summed E-state index contributed by atoms with van der Waals surface area (Å²) in [4.78, 5) is 14.8. The van der Waals surface area contributed by atoms with Gasteiger partial charge < -0.3 is 4.90 Å². The monoisotopic (exact) mass is 259 g/mol. The van der Waals surface area contributed by atoms with Gasteiger partial charge in [0.2, 0.25) is 0 Å². The van der Waals surface area contributed by atoms with Crippen LogP contribution in [0.15, 0.2) is 30.3 Å². The Morgan fingerprint density at radius 2 is 2.00 bits per heavy atom. The van der Waals surface area contributed by atoms with Gasteiger partial charge in [-0.2, -0.15) is 0 Å². The fraction of sp³-hybridized carbons (Fsp3) is 0.588. The molecule has 0 saturated carbocycles. The van der Waals surface area contributed by atoms with Crippen LogP contribution in [0, 0.1) is 11.3 Å². The molecule has 0 spiro atoms. The molecule has 2 atom stereocenters. The van der Waals surface area contributed by atoms with Crippen LogP contribution in [-0.4, -0.2) is 23.4 Å². The van der Waals surface area contributed by atoms with Gasteiger partial charge in [-0.15, -0.1) is 0 Å². The standard InChI is InChI=1S/C17H25NO/c1-5-13(2)15-11-17(3,4)12-18(15)16(19)14-9-7-6-8-10-14/h6-10,13,15H,5,11-12H2,1-4H3. The zero-order valence-corrected chi connectivity index (χ0v) is 12.5. The van der Waals surface area contributed by atoms with Crippen LogP contribution >= 0.6 is 0 Å². The molecule has 2 rings (SSSR count). The van der Waals surface area contributed by atoms with Gasteiger partial charge in [-0.3, -0.25) is 4.79 Å². The van der Waals surface area contributed by atoms with Crippen molar-refractivity contribution in [3.8, 4) is 0 Å². The van der Waals surface area contributed by atoms with Gasteiger partial charge in [-0.05, 0) is 29.9 Å². The lowest BCUT2D eigenvalue weighted by atomic mass is 9.86. The molecule has 1 fully saturated rings. The molecule has 0 N–H and O–H groups in total. The maximum absolute atomic E-state index is 12.7. The highest BCUT2D eigenvalue weighted by Crippen LogP contribution is 2.38. The molecule has 2 nitrogen and oxygen atoms in total. The second kappa shape index (κ2) is 5.36. The highest BCUT2D eigenvalue weighted by molar-refractivity contribution is 5.94. The van der Waals surface area contributed by atoms with E-state index in [1.54, 1.807) is 0 Å². The smallest absolute Gasteiger partial charge is 0.254 e. The van der Waals surface area contributed by atoms with Crippen LogP contribution in [0.5, 0.6) is 0 Å². The van der Waals surface area contributed by atoms with Crippen molar-refractivity contribution in [3.05, 3.63) is 35.9 Å². The summed E-state index contributed by atoms with van der Waals surface area (Å²) in [6, 6.07) is 10.0. The number of hydrogen-bond acceptors (Lipinski definition) is 1. The number of likely N-dealkylation sites (tertiary alicyclic amines) is 1. The Labute approximate surface area is 116 Å². The molecule has 1 aliphatic heterocycles. The van der Waals surface area contributed by atoms with Gasteiger partial charge in [0.25, 0.3) is 5.91 Å². The number of amides is 1. The van der Waals surface area contributed by atoms with E-state index in [2.05, 4.69) is 32.6 Å². The summed E-state index contributed by atoms with van der Waals surface area (Å²) in [5.41, 5.74) is 1.05. The highest BCUT2D eigenvalue weighted by Gasteiger charge is 2.41. The van der Waals surface area contributed by atoms with E-state index in [0.29, 0.717) is 12.0 Å². The van der Waals surface area contributed by atoms with E-state index in [9.17, 15) is 4.79 Å². The van der Waals surface area contributed by atoms with Crippen molar-refractivity contribution in [1.82, 2.24) is 4.90 Å². The Kier molecular flexibility index (Phi) is 3.98. The summed E-state index contributed by atoms with van der Waals surface area (Å²) in [6.07, 6.45) is 2.24. The van der Waals surface area contributed by atoms with Crippen LogP contribution < -0.4 is 0 Å². The Hall–Kier alpha value is -1.31. The molecular weight excluding hydrogens is 234 g/mol. The van der Waals surface area contributed by atoms with Crippen LogP contribution in [0.3, 0.4) is 0 Å². The van der Waals surface area contributed by atoms with Gasteiger partial charge in [0.15, 0.2) is 0 Å². The first-order valence-electron chi connectivity index (χ1n) is 7.30. The summed E-state index contributed by atoms with van der Waals surface area (Å²) < 4.78 is 0. The first-order chi connectivity index (χ1) is 8.94. The molecule has 1 amide bonds. The third-order valence-electron chi connectivity index (χ3n) is 4.34. The molecule has 2 heteroatoms. The van der Waals surface area contributed by atoms with Crippen molar-refractivity contribution < 1.29 is 4.79 Å².